The van der Waals surface area contributed by atoms with Gasteiger partial charge in [0, 0.05) is 20.1 Å². The molecular formula is C33H38N6O4. The predicted molar refractivity (Wildman–Crippen MR) is 167 cm³/mol. The Morgan fingerprint density at radius 1 is 0.744 bits per heavy atom. The van der Waals surface area contributed by atoms with E-state index in [1.165, 1.54) is 0 Å². The lowest BCUT2D eigenvalue weighted by Gasteiger charge is -2.38. The highest BCUT2D eigenvalue weighted by Gasteiger charge is 2.38. The molecule has 0 unspecified atom stereocenters. The Kier molecular flexibility index (Phi) is 9.82. The molecule has 3 amide bonds. The minimum atomic E-state index is -0.838. The Labute approximate surface area is 251 Å². The number of alkyl carbamates (subject to hydrolysis) is 1. The van der Waals surface area contributed by atoms with E-state index in [0.717, 1.165) is 16.7 Å². The number of aromatic nitrogens is 2. The van der Waals surface area contributed by atoms with Gasteiger partial charge >= 0.3 is 6.09 Å². The third-order valence-corrected chi connectivity index (χ3v) is 6.58. The van der Waals surface area contributed by atoms with Crippen molar-refractivity contribution in [1.29, 1.82) is 0 Å². The Hall–Kier alpha value is -5.12. The van der Waals surface area contributed by atoms with Crippen LogP contribution in [0.5, 0.6) is 0 Å². The van der Waals surface area contributed by atoms with E-state index in [1.54, 1.807) is 38.7 Å². The van der Waals surface area contributed by atoms with Crippen LogP contribution in [0.3, 0.4) is 0 Å². The molecule has 0 spiro atoms. The van der Waals surface area contributed by atoms with Crippen LogP contribution in [-0.2, 0) is 26.9 Å². The van der Waals surface area contributed by atoms with Gasteiger partial charge in [-0.3, -0.25) is 14.3 Å². The van der Waals surface area contributed by atoms with Crippen LogP contribution in [-0.4, -0.2) is 46.4 Å². The second kappa shape index (κ2) is 13.7. The van der Waals surface area contributed by atoms with Gasteiger partial charge in [0.1, 0.15) is 29.1 Å². The van der Waals surface area contributed by atoms with E-state index < -0.39 is 35.5 Å². The summed E-state index contributed by atoms with van der Waals surface area (Å²) in [5, 5.41) is 16.2. The van der Waals surface area contributed by atoms with Gasteiger partial charge in [-0.25, -0.2) is 4.79 Å². The first-order chi connectivity index (χ1) is 20.6. The predicted octanol–water partition coefficient (Wildman–Crippen LogP) is 4.79. The minimum absolute atomic E-state index is 0.152. The molecule has 4 N–H and O–H groups in total. The van der Waals surface area contributed by atoms with Gasteiger partial charge in [-0.15, -0.1) is 0 Å². The van der Waals surface area contributed by atoms with Crippen LogP contribution in [0, 0.1) is 0 Å². The topological polar surface area (TPSA) is 126 Å². The smallest absolute Gasteiger partial charge is 0.407 e. The molecule has 1 heterocycles. The highest BCUT2D eigenvalue weighted by molar-refractivity contribution is 6.04. The second-order valence-corrected chi connectivity index (χ2v) is 11.0. The third kappa shape index (κ3) is 8.00. The number of nitrogens with one attached hydrogen (secondary N) is 4. The summed E-state index contributed by atoms with van der Waals surface area (Å²) in [6.07, 6.45) is 0.574. The summed E-state index contributed by atoms with van der Waals surface area (Å²) in [5.74, 6) is -0.417. The number of benzene rings is 3. The molecule has 4 aromatic rings. The summed E-state index contributed by atoms with van der Waals surface area (Å²) in [4.78, 5) is 37.1. The lowest BCUT2D eigenvalue weighted by molar-refractivity contribution is -0.126. The van der Waals surface area contributed by atoms with Crippen LogP contribution >= 0.6 is 0 Å². The van der Waals surface area contributed by atoms with E-state index in [4.69, 9.17) is 4.74 Å². The zero-order valence-corrected chi connectivity index (χ0v) is 24.9. The Morgan fingerprint density at radius 3 is 1.72 bits per heavy atom. The average Bonchev–Trinajstić information content (AvgIpc) is 3.32. The van der Waals surface area contributed by atoms with Gasteiger partial charge in [0.05, 0.1) is 6.20 Å². The summed E-state index contributed by atoms with van der Waals surface area (Å²) in [5.41, 5.74) is 1.95. The maximum atomic E-state index is 12.9. The van der Waals surface area contributed by atoms with Crippen molar-refractivity contribution in [3.05, 3.63) is 114 Å². The number of carbonyl (C=O) groups excluding carboxylic acids is 3. The molecule has 10 heteroatoms. The van der Waals surface area contributed by atoms with Gasteiger partial charge in [-0.1, -0.05) is 91.0 Å². The molecule has 224 valence electrons. The molecule has 0 aliphatic heterocycles. The van der Waals surface area contributed by atoms with E-state index in [2.05, 4.69) is 62.8 Å². The first-order valence-corrected chi connectivity index (χ1v) is 14.1. The summed E-state index contributed by atoms with van der Waals surface area (Å²) in [7, 11) is 1.79. The lowest BCUT2D eigenvalue weighted by Crippen LogP contribution is -2.39. The van der Waals surface area contributed by atoms with E-state index >= 15 is 0 Å². The van der Waals surface area contributed by atoms with Gasteiger partial charge in [0.25, 0.3) is 0 Å². The molecule has 0 radical (unpaired) electrons. The van der Waals surface area contributed by atoms with E-state index in [1.807, 2.05) is 54.6 Å². The number of ether oxygens (including phenoxy) is 1. The number of nitrogens with zero attached hydrogens (tertiary/aromatic N) is 2. The number of hydrogen-bond donors (Lipinski definition) is 4. The first-order valence-electron chi connectivity index (χ1n) is 14.1. The standard InChI is InChI=1S/C33H38N6O4/c1-32(2,3)43-31(42)35-21-20-34-28(40)22-29(41)37-27-23-36-39(4)30(27)38-33(24-14-8-5-9-15-24,25-16-10-6-11-17-25)26-18-12-7-13-19-26/h5-19,23,38H,20-22H2,1-4H3,(H,34,40)(H,35,42)(H,37,41). The van der Waals surface area contributed by atoms with Crippen molar-refractivity contribution in [2.75, 3.05) is 23.7 Å². The molecule has 0 fully saturated rings. The second-order valence-electron chi connectivity index (χ2n) is 11.0. The molecule has 0 aliphatic rings. The monoisotopic (exact) mass is 582 g/mol. The largest absolute Gasteiger partial charge is 0.444 e. The maximum absolute atomic E-state index is 12.9. The van der Waals surface area contributed by atoms with Crippen molar-refractivity contribution in [1.82, 2.24) is 20.4 Å². The maximum Gasteiger partial charge on any atom is 0.407 e. The number of amides is 3. The zero-order chi connectivity index (χ0) is 30.9. The Balaban J connectivity index is 1.52. The molecule has 43 heavy (non-hydrogen) atoms. The molecule has 0 atom stereocenters. The molecule has 3 aromatic carbocycles. The van der Waals surface area contributed by atoms with Crippen LogP contribution in [0.2, 0.25) is 0 Å². The summed E-state index contributed by atoms with van der Waals surface area (Å²) >= 11 is 0. The number of anilines is 2. The summed E-state index contributed by atoms with van der Waals surface area (Å²) in [6, 6.07) is 30.2. The van der Waals surface area contributed by atoms with Crippen LogP contribution < -0.4 is 21.3 Å². The third-order valence-electron chi connectivity index (χ3n) is 6.58. The Bertz CT molecular complexity index is 1420. The fourth-order valence-corrected chi connectivity index (χ4v) is 4.72. The molecule has 4 rings (SSSR count). The molecular weight excluding hydrogens is 544 g/mol. The van der Waals surface area contributed by atoms with E-state index in [0.29, 0.717) is 11.5 Å². The van der Waals surface area contributed by atoms with Gasteiger partial charge in [-0.2, -0.15) is 5.10 Å². The van der Waals surface area contributed by atoms with E-state index in [-0.39, 0.29) is 13.1 Å². The fraction of sp³-hybridized carbons (Fsp3) is 0.273. The van der Waals surface area contributed by atoms with Crippen molar-refractivity contribution in [2.45, 2.75) is 38.3 Å². The van der Waals surface area contributed by atoms with Crippen LogP contribution in [0.1, 0.15) is 43.9 Å². The van der Waals surface area contributed by atoms with Crippen molar-refractivity contribution >= 4 is 29.4 Å². The van der Waals surface area contributed by atoms with Crippen molar-refractivity contribution < 1.29 is 19.1 Å². The normalized spacial score (nSPS) is 11.3. The number of hydrogen-bond acceptors (Lipinski definition) is 6. The zero-order valence-electron chi connectivity index (χ0n) is 24.9. The highest BCUT2D eigenvalue weighted by Crippen LogP contribution is 2.41. The molecule has 0 saturated carbocycles. The van der Waals surface area contributed by atoms with Crippen molar-refractivity contribution in [3.8, 4) is 0 Å². The van der Waals surface area contributed by atoms with Gasteiger partial charge < -0.3 is 26.0 Å². The summed E-state index contributed by atoms with van der Waals surface area (Å²) in [6.45, 7) is 5.61. The van der Waals surface area contributed by atoms with Crippen LogP contribution in [0.15, 0.2) is 97.2 Å². The van der Waals surface area contributed by atoms with Gasteiger partial charge in [0.15, 0.2) is 0 Å². The highest BCUT2D eigenvalue weighted by atomic mass is 16.6. The SMILES string of the molecule is Cn1ncc(NC(=O)CC(=O)NCCNC(=O)OC(C)(C)C)c1NC(c1ccccc1)(c1ccccc1)c1ccccc1. The van der Waals surface area contributed by atoms with Crippen LogP contribution in [0.25, 0.3) is 0 Å². The van der Waals surface area contributed by atoms with Crippen molar-refractivity contribution in [2.24, 2.45) is 7.05 Å². The number of carbonyl (C=O) groups is 3. The molecule has 0 saturated heterocycles. The van der Waals surface area contributed by atoms with E-state index in [9.17, 15) is 14.4 Å². The van der Waals surface area contributed by atoms with Crippen LogP contribution in [0.4, 0.5) is 16.3 Å². The van der Waals surface area contributed by atoms with Gasteiger partial charge in [0.2, 0.25) is 11.8 Å². The van der Waals surface area contributed by atoms with Gasteiger partial charge in [-0.05, 0) is 37.5 Å². The minimum Gasteiger partial charge on any atom is -0.444 e. The molecule has 1 aromatic heterocycles. The first kappa shape index (κ1) is 30.8. The molecule has 0 bridgehead atoms. The van der Waals surface area contributed by atoms with Crippen molar-refractivity contribution in [3.63, 3.8) is 0 Å². The Morgan fingerprint density at radius 2 is 1.23 bits per heavy atom. The summed E-state index contributed by atoms with van der Waals surface area (Å²) < 4.78 is 6.82. The molecule has 0 aliphatic carbocycles. The number of rotatable bonds is 11. The lowest BCUT2D eigenvalue weighted by atomic mass is 9.77. The fourth-order valence-electron chi connectivity index (χ4n) is 4.72. The quantitative estimate of drug-likeness (QED) is 0.114. The average molecular weight is 583 g/mol. The molecule has 10 nitrogen and oxygen atoms in total. The number of aryl methyl sites for hydroxylation is 1.